The molecule has 0 aliphatic carbocycles. The van der Waals surface area contributed by atoms with Gasteiger partial charge in [-0.25, -0.2) is 0 Å². The van der Waals surface area contributed by atoms with Crippen molar-refractivity contribution in [3.05, 3.63) is 69.8 Å². The van der Waals surface area contributed by atoms with Gasteiger partial charge in [0.2, 0.25) is 0 Å². The molecule has 0 aliphatic rings. The van der Waals surface area contributed by atoms with E-state index in [9.17, 15) is 19.7 Å². The molecular weight excluding hydrogens is 380 g/mol. The summed E-state index contributed by atoms with van der Waals surface area (Å²) in [6, 6.07) is 12.2. The Morgan fingerprint density at radius 3 is 2.36 bits per heavy atom. The van der Waals surface area contributed by atoms with E-state index in [1.165, 1.54) is 24.3 Å². The van der Waals surface area contributed by atoms with Gasteiger partial charge in [0.15, 0.2) is 5.11 Å². The zero-order valence-electron chi connectivity index (χ0n) is 15.6. The van der Waals surface area contributed by atoms with Crippen LogP contribution in [0.15, 0.2) is 48.5 Å². The number of hydrogen-bond donors (Lipinski definition) is 3. The van der Waals surface area contributed by atoms with Crippen LogP contribution in [0, 0.1) is 10.1 Å². The summed E-state index contributed by atoms with van der Waals surface area (Å²) in [5.74, 6) is -0.947. The largest absolute Gasteiger partial charge is 0.347 e. The van der Waals surface area contributed by atoms with Crippen LogP contribution in [0.4, 0.5) is 11.4 Å². The first kappa shape index (κ1) is 21.0. The Balaban J connectivity index is 2.08. The zero-order chi connectivity index (χ0) is 20.9. The van der Waals surface area contributed by atoms with Crippen LogP contribution < -0.4 is 16.0 Å². The molecule has 0 spiro atoms. The first-order valence-electron chi connectivity index (χ1n) is 8.35. The second-order valence-corrected chi connectivity index (χ2v) is 7.38. The Morgan fingerprint density at radius 2 is 1.71 bits per heavy atom. The molecular formula is C19H20N4O4S. The van der Waals surface area contributed by atoms with Crippen molar-refractivity contribution >= 4 is 40.5 Å². The number of anilines is 1. The van der Waals surface area contributed by atoms with Gasteiger partial charge in [0.25, 0.3) is 17.5 Å². The van der Waals surface area contributed by atoms with Crippen molar-refractivity contribution in [1.82, 2.24) is 10.6 Å². The number of amides is 2. The molecule has 2 amide bonds. The number of hydrogen-bond acceptors (Lipinski definition) is 5. The third kappa shape index (κ3) is 5.85. The van der Waals surface area contributed by atoms with E-state index in [2.05, 4.69) is 16.0 Å². The highest BCUT2D eigenvalue weighted by Crippen LogP contribution is 2.17. The minimum absolute atomic E-state index is 0.0449. The molecule has 146 valence electrons. The van der Waals surface area contributed by atoms with E-state index >= 15 is 0 Å². The van der Waals surface area contributed by atoms with Crippen molar-refractivity contribution < 1.29 is 14.5 Å². The average molecular weight is 400 g/mol. The van der Waals surface area contributed by atoms with Crippen LogP contribution in [0.1, 0.15) is 41.5 Å². The van der Waals surface area contributed by atoms with Gasteiger partial charge in [-0.05, 0) is 57.3 Å². The third-order valence-corrected chi connectivity index (χ3v) is 3.65. The van der Waals surface area contributed by atoms with Gasteiger partial charge in [0.1, 0.15) is 5.56 Å². The zero-order valence-corrected chi connectivity index (χ0v) is 16.4. The van der Waals surface area contributed by atoms with Gasteiger partial charge in [0.05, 0.1) is 4.92 Å². The fourth-order valence-corrected chi connectivity index (χ4v) is 2.52. The standard InChI is InChI=1S/C19H20N4O4S/c1-19(2,3)22-16(24)12-7-6-8-13(11-12)20-18(28)21-17(25)14-9-4-5-10-15(14)23(26)27/h4-11H,1-3H3,(H,22,24)(H2,20,21,25,28). The van der Waals surface area contributed by atoms with E-state index in [1.807, 2.05) is 20.8 Å². The molecule has 8 nitrogen and oxygen atoms in total. The second-order valence-electron chi connectivity index (χ2n) is 6.97. The van der Waals surface area contributed by atoms with Crippen molar-refractivity contribution in [3.63, 3.8) is 0 Å². The second kappa shape index (κ2) is 8.57. The van der Waals surface area contributed by atoms with Crippen LogP contribution in [-0.4, -0.2) is 27.4 Å². The maximum atomic E-state index is 12.3. The van der Waals surface area contributed by atoms with Crippen LogP contribution >= 0.6 is 12.2 Å². The predicted octanol–water partition coefficient (Wildman–Crippen LogP) is 3.25. The van der Waals surface area contributed by atoms with E-state index in [1.54, 1.807) is 24.3 Å². The highest BCUT2D eigenvalue weighted by Gasteiger charge is 2.20. The van der Waals surface area contributed by atoms with Crippen LogP contribution in [-0.2, 0) is 0 Å². The highest BCUT2D eigenvalue weighted by molar-refractivity contribution is 7.80. The lowest BCUT2D eigenvalue weighted by Crippen LogP contribution is -2.40. The van der Waals surface area contributed by atoms with E-state index < -0.39 is 10.8 Å². The maximum Gasteiger partial charge on any atom is 0.282 e. The van der Waals surface area contributed by atoms with Crippen molar-refractivity contribution in [2.24, 2.45) is 0 Å². The molecule has 0 atom stereocenters. The van der Waals surface area contributed by atoms with Gasteiger partial charge in [-0.1, -0.05) is 18.2 Å². The van der Waals surface area contributed by atoms with Crippen LogP contribution in [0.3, 0.4) is 0 Å². The van der Waals surface area contributed by atoms with Gasteiger partial charge < -0.3 is 10.6 Å². The molecule has 0 saturated heterocycles. The molecule has 0 aliphatic heterocycles. The number of para-hydroxylation sites is 1. The van der Waals surface area contributed by atoms with Crippen LogP contribution in [0.25, 0.3) is 0 Å². The number of nitro benzene ring substituents is 1. The number of carbonyl (C=O) groups is 2. The average Bonchev–Trinajstić information content (AvgIpc) is 2.60. The number of nitro groups is 1. The van der Waals surface area contributed by atoms with Gasteiger partial charge in [-0.15, -0.1) is 0 Å². The molecule has 2 rings (SSSR count). The topological polar surface area (TPSA) is 113 Å². The SMILES string of the molecule is CC(C)(C)NC(=O)c1cccc(NC(=S)NC(=O)c2ccccc2[N+](=O)[O-])c1. The van der Waals surface area contributed by atoms with Gasteiger partial charge in [-0.3, -0.25) is 25.0 Å². The Hall–Kier alpha value is -3.33. The Kier molecular flexibility index (Phi) is 6.42. The Morgan fingerprint density at radius 1 is 1.04 bits per heavy atom. The van der Waals surface area contributed by atoms with Gasteiger partial charge >= 0.3 is 0 Å². The monoisotopic (exact) mass is 400 g/mol. The molecule has 0 heterocycles. The molecule has 0 fully saturated rings. The summed E-state index contributed by atoms with van der Waals surface area (Å²) in [5, 5.41) is 19.1. The highest BCUT2D eigenvalue weighted by atomic mass is 32.1. The number of thiocarbonyl (C=S) groups is 1. The summed E-state index contributed by atoms with van der Waals surface area (Å²) in [6.07, 6.45) is 0. The van der Waals surface area contributed by atoms with Crippen LogP contribution in [0.2, 0.25) is 0 Å². The molecule has 0 radical (unpaired) electrons. The number of benzene rings is 2. The van der Waals surface area contributed by atoms with E-state index in [0.717, 1.165) is 0 Å². The molecule has 2 aromatic carbocycles. The summed E-state index contributed by atoms with van der Waals surface area (Å²) in [7, 11) is 0. The van der Waals surface area contributed by atoms with E-state index in [0.29, 0.717) is 11.3 Å². The maximum absolute atomic E-state index is 12.3. The number of nitrogens with zero attached hydrogens (tertiary/aromatic N) is 1. The molecule has 0 unspecified atom stereocenters. The summed E-state index contributed by atoms with van der Waals surface area (Å²) in [4.78, 5) is 35.0. The fraction of sp³-hybridized carbons (Fsp3) is 0.211. The summed E-state index contributed by atoms with van der Waals surface area (Å²) < 4.78 is 0. The predicted molar refractivity (Wildman–Crippen MR) is 110 cm³/mol. The normalized spacial score (nSPS) is 10.7. The third-order valence-electron chi connectivity index (χ3n) is 3.44. The van der Waals surface area contributed by atoms with Gasteiger partial charge in [-0.2, -0.15) is 0 Å². The number of nitrogens with one attached hydrogen (secondary N) is 3. The number of rotatable bonds is 4. The fourth-order valence-electron chi connectivity index (χ4n) is 2.31. The first-order chi connectivity index (χ1) is 13.1. The lowest BCUT2D eigenvalue weighted by Gasteiger charge is -2.20. The summed E-state index contributed by atoms with van der Waals surface area (Å²) in [5.41, 5.74) is 0.120. The minimum Gasteiger partial charge on any atom is -0.347 e. The van der Waals surface area contributed by atoms with Crippen molar-refractivity contribution in [3.8, 4) is 0 Å². The van der Waals surface area contributed by atoms with Gasteiger partial charge in [0, 0.05) is 22.9 Å². The molecule has 2 aromatic rings. The molecule has 0 saturated carbocycles. The summed E-state index contributed by atoms with van der Waals surface area (Å²) >= 11 is 5.10. The molecule has 3 N–H and O–H groups in total. The van der Waals surface area contributed by atoms with E-state index in [-0.39, 0.29) is 27.8 Å². The Labute approximate surface area is 167 Å². The summed E-state index contributed by atoms with van der Waals surface area (Å²) in [6.45, 7) is 5.63. The minimum atomic E-state index is -0.702. The quantitative estimate of drug-likeness (QED) is 0.412. The van der Waals surface area contributed by atoms with Crippen molar-refractivity contribution in [2.75, 3.05) is 5.32 Å². The Bertz CT molecular complexity index is 938. The number of carbonyl (C=O) groups excluding carboxylic acids is 2. The molecule has 0 bridgehead atoms. The lowest BCUT2D eigenvalue weighted by atomic mass is 10.1. The molecule has 28 heavy (non-hydrogen) atoms. The van der Waals surface area contributed by atoms with E-state index in [4.69, 9.17) is 12.2 Å². The lowest BCUT2D eigenvalue weighted by molar-refractivity contribution is -0.385. The van der Waals surface area contributed by atoms with Crippen molar-refractivity contribution in [2.45, 2.75) is 26.3 Å². The molecule has 9 heteroatoms. The smallest absolute Gasteiger partial charge is 0.282 e. The molecule has 0 aromatic heterocycles. The van der Waals surface area contributed by atoms with Crippen molar-refractivity contribution in [1.29, 1.82) is 0 Å². The first-order valence-corrected chi connectivity index (χ1v) is 8.76. The van der Waals surface area contributed by atoms with Crippen LogP contribution in [0.5, 0.6) is 0 Å².